The molecule has 0 bridgehead atoms. The molecule has 1 aromatic rings. The van der Waals surface area contributed by atoms with Crippen LogP contribution in [0.1, 0.15) is 30.4 Å². The van der Waals surface area contributed by atoms with Gasteiger partial charge in [0.05, 0.1) is 6.61 Å². The number of hydrogen-bond donors (Lipinski definition) is 1. The fraction of sp³-hybridized carbons (Fsp3) is 0.692. The first-order chi connectivity index (χ1) is 9.33. The van der Waals surface area contributed by atoms with E-state index in [1.807, 2.05) is 20.8 Å². The monoisotopic (exact) mass is 291 g/mol. The van der Waals surface area contributed by atoms with Crippen LogP contribution in [-0.4, -0.2) is 35.9 Å². The lowest BCUT2D eigenvalue weighted by molar-refractivity contribution is -0.173. The van der Waals surface area contributed by atoms with Gasteiger partial charge in [0.15, 0.2) is 0 Å². The molecule has 0 atom stereocenters. The zero-order valence-electron chi connectivity index (χ0n) is 12.0. The van der Waals surface area contributed by atoms with Crippen molar-refractivity contribution in [3.63, 3.8) is 0 Å². The van der Waals surface area contributed by atoms with Crippen LogP contribution in [0.4, 0.5) is 19.0 Å². The van der Waals surface area contributed by atoms with Gasteiger partial charge < -0.3 is 10.1 Å². The molecular formula is C13H20F3N3O. The molecular weight excluding hydrogens is 271 g/mol. The quantitative estimate of drug-likeness (QED) is 0.784. The van der Waals surface area contributed by atoms with E-state index in [9.17, 15) is 13.2 Å². The van der Waals surface area contributed by atoms with Crippen molar-refractivity contribution in [1.82, 2.24) is 9.97 Å². The van der Waals surface area contributed by atoms with Crippen molar-refractivity contribution in [1.29, 1.82) is 0 Å². The predicted octanol–water partition coefficient (Wildman–Crippen LogP) is 3.04. The average Bonchev–Trinajstić information content (AvgIpc) is 2.36. The summed E-state index contributed by atoms with van der Waals surface area (Å²) in [5.74, 6) is 1.24. The van der Waals surface area contributed by atoms with Crippen LogP contribution >= 0.6 is 0 Å². The summed E-state index contributed by atoms with van der Waals surface area (Å²) in [6, 6.07) is 0. The summed E-state index contributed by atoms with van der Waals surface area (Å²) in [7, 11) is 0. The molecule has 0 aliphatic rings. The van der Waals surface area contributed by atoms with Crippen molar-refractivity contribution in [2.45, 2.75) is 39.8 Å². The molecule has 0 fully saturated rings. The summed E-state index contributed by atoms with van der Waals surface area (Å²) in [5, 5.41) is 3.19. The van der Waals surface area contributed by atoms with Crippen molar-refractivity contribution in [2.24, 2.45) is 0 Å². The minimum atomic E-state index is -4.29. The first kappa shape index (κ1) is 16.7. The van der Waals surface area contributed by atoms with Gasteiger partial charge in [0.1, 0.15) is 18.2 Å². The molecule has 0 radical (unpaired) electrons. The molecule has 4 nitrogen and oxygen atoms in total. The summed E-state index contributed by atoms with van der Waals surface area (Å²) in [6.07, 6.45) is -3.07. The highest BCUT2D eigenvalue weighted by atomic mass is 19.4. The fourth-order valence-electron chi connectivity index (χ4n) is 1.57. The molecule has 114 valence electrons. The Morgan fingerprint density at radius 3 is 2.50 bits per heavy atom. The van der Waals surface area contributed by atoms with Gasteiger partial charge in [0, 0.05) is 24.2 Å². The number of nitrogens with zero attached hydrogens (tertiary/aromatic N) is 2. The number of rotatable bonds is 7. The Hall–Kier alpha value is -1.37. The van der Waals surface area contributed by atoms with Gasteiger partial charge in [-0.05, 0) is 20.3 Å². The van der Waals surface area contributed by atoms with Crippen LogP contribution in [0.15, 0.2) is 0 Å². The summed E-state index contributed by atoms with van der Waals surface area (Å²) < 4.78 is 40.4. The van der Waals surface area contributed by atoms with Crippen molar-refractivity contribution < 1.29 is 17.9 Å². The summed E-state index contributed by atoms with van der Waals surface area (Å²) in [4.78, 5) is 8.58. The van der Waals surface area contributed by atoms with E-state index >= 15 is 0 Å². The maximum atomic E-state index is 11.9. The molecule has 0 amide bonds. The Kier molecular flexibility index (Phi) is 6.19. The number of aryl methyl sites for hydroxylation is 1. The first-order valence-electron chi connectivity index (χ1n) is 6.56. The molecule has 0 saturated carbocycles. The number of alkyl halides is 3. The third kappa shape index (κ3) is 5.73. The molecule has 0 aliphatic carbocycles. The van der Waals surface area contributed by atoms with Crippen LogP contribution in [-0.2, 0) is 11.2 Å². The number of aromatic nitrogens is 2. The third-order valence-corrected chi connectivity index (χ3v) is 2.71. The van der Waals surface area contributed by atoms with Crippen molar-refractivity contribution in [2.75, 3.05) is 25.1 Å². The molecule has 7 heteroatoms. The molecule has 0 aromatic carbocycles. The molecule has 0 unspecified atom stereocenters. The number of ether oxygens (including phenoxy) is 1. The minimum absolute atomic E-state index is 0.0464. The number of hydrogen-bond acceptors (Lipinski definition) is 4. The highest BCUT2D eigenvalue weighted by molar-refractivity contribution is 5.45. The van der Waals surface area contributed by atoms with E-state index in [0.717, 1.165) is 30.0 Å². The molecule has 1 heterocycles. The normalized spacial score (nSPS) is 11.7. The minimum Gasteiger partial charge on any atom is -0.372 e. The second-order valence-corrected chi connectivity index (χ2v) is 4.54. The van der Waals surface area contributed by atoms with E-state index < -0.39 is 12.8 Å². The highest BCUT2D eigenvalue weighted by Gasteiger charge is 2.27. The SMILES string of the molecule is CCCNc1nc(CCOCC(F)(F)F)nc(C)c1C. The Balaban J connectivity index is 2.59. The summed E-state index contributed by atoms with van der Waals surface area (Å²) >= 11 is 0. The van der Waals surface area contributed by atoms with Crippen molar-refractivity contribution in [3.8, 4) is 0 Å². The standard InChI is InChI=1S/C13H20F3N3O/c1-4-6-17-12-9(2)10(3)18-11(19-12)5-7-20-8-13(14,15)16/h4-8H2,1-3H3,(H,17,18,19). The van der Waals surface area contributed by atoms with Gasteiger partial charge in [-0.3, -0.25) is 0 Å². The molecule has 0 aliphatic heterocycles. The maximum absolute atomic E-state index is 11.9. The number of halogens is 3. The number of anilines is 1. The van der Waals surface area contributed by atoms with E-state index in [2.05, 4.69) is 20.0 Å². The smallest absolute Gasteiger partial charge is 0.372 e. The second-order valence-electron chi connectivity index (χ2n) is 4.54. The molecule has 20 heavy (non-hydrogen) atoms. The van der Waals surface area contributed by atoms with Crippen LogP contribution in [0.25, 0.3) is 0 Å². The van der Waals surface area contributed by atoms with Gasteiger partial charge >= 0.3 is 6.18 Å². The van der Waals surface area contributed by atoms with E-state index in [4.69, 9.17) is 0 Å². The van der Waals surface area contributed by atoms with Gasteiger partial charge in [-0.1, -0.05) is 6.92 Å². The van der Waals surface area contributed by atoms with Gasteiger partial charge in [0.25, 0.3) is 0 Å². The molecule has 1 N–H and O–H groups in total. The second kappa shape index (κ2) is 7.42. The maximum Gasteiger partial charge on any atom is 0.411 e. The van der Waals surface area contributed by atoms with Crippen LogP contribution in [0.3, 0.4) is 0 Å². The Bertz CT molecular complexity index is 436. The molecule has 1 aromatic heterocycles. The zero-order valence-corrected chi connectivity index (χ0v) is 12.0. The largest absolute Gasteiger partial charge is 0.411 e. The van der Waals surface area contributed by atoms with Gasteiger partial charge in [-0.25, -0.2) is 9.97 Å². The lowest BCUT2D eigenvalue weighted by Gasteiger charge is -2.12. The first-order valence-corrected chi connectivity index (χ1v) is 6.56. The van der Waals surface area contributed by atoms with Crippen molar-refractivity contribution in [3.05, 3.63) is 17.1 Å². The lowest BCUT2D eigenvalue weighted by Crippen LogP contribution is -2.18. The predicted molar refractivity (Wildman–Crippen MR) is 70.9 cm³/mol. The Labute approximate surface area is 116 Å². The summed E-state index contributed by atoms with van der Waals surface area (Å²) in [6.45, 7) is 5.32. The van der Waals surface area contributed by atoms with Crippen LogP contribution in [0.2, 0.25) is 0 Å². The Morgan fingerprint density at radius 1 is 1.20 bits per heavy atom. The van der Waals surface area contributed by atoms with Crippen LogP contribution in [0.5, 0.6) is 0 Å². The molecule has 1 rings (SSSR count). The van der Waals surface area contributed by atoms with E-state index in [0.29, 0.717) is 5.82 Å². The summed E-state index contributed by atoms with van der Waals surface area (Å²) in [5.41, 5.74) is 1.78. The zero-order chi connectivity index (χ0) is 15.2. The topological polar surface area (TPSA) is 47.0 Å². The number of nitrogens with one attached hydrogen (secondary N) is 1. The molecule has 0 saturated heterocycles. The fourth-order valence-corrected chi connectivity index (χ4v) is 1.57. The third-order valence-electron chi connectivity index (χ3n) is 2.71. The van der Waals surface area contributed by atoms with Gasteiger partial charge in [0.2, 0.25) is 0 Å². The lowest BCUT2D eigenvalue weighted by atomic mass is 10.2. The van der Waals surface area contributed by atoms with E-state index in [1.54, 1.807) is 0 Å². The van der Waals surface area contributed by atoms with E-state index in [1.165, 1.54) is 0 Å². The van der Waals surface area contributed by atoms with Gasteiger partial charge in [-0.2, -0.15) is 13.2 Å². The average molecular weight is 291 g/mol. The molecule has 0 spiro atoms. The van der Waals surface area contributed by atoms with Crippen molar-refractivity contribution >= 4 is 5.82 Å². The van der Waals surface area contributed by atoms with Gasteiger partial charge in [-0.15, -0.1) is 0 Å². The van der Waals surface area contributed by atoms with Crippen LogP contribution < -0.4 is 5.32 Å². The van der Waals surface area contributed by atoms with Crippen LogP contribution in [0, 0.1) is 13.8 Å². The van der Waals surface area contributed by atoms with E-state index in [-0.39, 0.29) is 13.0 Å². The Morgan fingerprint density at radius 2 is 1.90 bits per heavy atom. The highest BCUT2D eigenvalue weighted by Crippen LogP contribution is 2.16.